The van der Waals surface area contributed by atoms with Gasteiger partial charge in [0.05, 0.1) is 22.5 Å². The summed E-state index contributed by atoms with van der Waals surface area (Å²) >= 11 is 0. The Bertz CT molecular complexity index is 3630. The number of rotatable bonds is 10. The zero-order valence-electron chi connectivity index (χ0n) is 46.0. The van der Waals surface area contributed by atoms with Crippen molar-refractivity contribution in [3.8, 4) is 23.0 Å². The zero-order chi connectivity index (χ0) is 55.4. The Morgan fingerprint density at radius 1 is 0.443 bits per heavy atom. The summed E-state index contributed by atoms with van der Waals surface area (Å²) in [6.07, 6.45) is 0.464. The molecule has 4 aliphatic rings. The summed E-state index contributed by atoms with van der Waals surface area (Å²) in [6, 6.07) is 50.6. The summed E-state index contributed by atoms with van der Waals surface area (Å²) in [7, 11) is 7.86. The molecule has 2 unspecified atom stereocenters. The van der Waals surface area contributed by atoms with E-state index < -0.39 is 28.6 Å². The third kappa shape index (κ3) is 7.62. The lowest BCUT2D eigenvalue weighted by Crippen LogP contribution is -2.34. The van der Waals surface area contributed by atoms with Crippen LogP contribution in [0.15, 0.2) is 158 Å². The first-order chi connectivity index (χ1) is 37.9. The van der Waals surface area contributed by atoms with E-state index in [0.29, 0.717) is 90.3 Å². The number of hydrogen-bond acceptors (Lipinski definition) is 10. The predicted octanol–water partition coefficient (Wildman–Crippen LogP) is 14.0. The van der Waals surface area contributed by atoms with Gasteiger partial charge in [0.25, 0.3) is 0 Å². The van der Waals surface area contributed by atoms with Crippen molar-refractivity contribution in [2.75, 3.05) is 47.8 Å². The van der Waals surface area contributed by atoms with E-state index in [1.165, 1.54) is 0 Å². The van der Waals surface area contributed by atoms with E-state index in [1.54, 1.807) is 21.9 Å². The molecule has 2 amide bonds. The van der Waals surface area contributed by atoms with Crippen molar-refractivity contribution in [1.82, 2.24) is 0 Å². The van der Waals surface area contributed by atoms with Crippen LogP contribution in [0.5, 0.6) is 23.0 Å². The first kappa shape index (κ1) is 50.6. The average Bonchev–Trinajstić information content (AvgIpc) is 3.14. The second-order valence-corrected chi connectivity index (χ2v) is 21.7. The summed E-state index contributed by atoms with van der Waals surface area (Å²) in [5.74, 6) is 1.16. The highest BCUT2D eigenvalue weighted by Crippen LogP contribution is 2.60. The summed E-state index contributed by atoms with van der Waals surface area (Å²) in [5.41, 5.74) is 9.97. The average molecular weight is 1050 g/mol. The predicted molar refractivity (Wildman–Crippen MR) is 307 cm³/mol. The molecule has 0 saturated carbocycles. The molecule has 0 radical (unpaired) electrons. The van der Waals surface area contributed by atoms with E-state index in [9.17, 15) is 19.2 Å². The van der Waals surface area contributed by atoms with Gasteiger partial charge in [0.15, 0.2) is 11.2 Å². The molecule has 79 heavy (non-hydrogen) atoms. The highest BCUT2D eigenvalue weighted by atomic mass is 16.6. The Balaban J connectivity index is 0.885. The second kappa shape index (κ2) is 18.5. The number of ether oxygens (including phenoxy) is 4. The van der Waals surface area contributed by atoms with Gasteiger partial charge in [-0.1, -0.05) is 88.4 Å². The first-order valence-corrected chi connectivity index (χ1v) is 26.7. The zero-order valence-corrected chi connectivity index (χ0v) is 46.0. The molecule has 12 nitrogen and oxygen atoms in total. The van der Waals surface area contributed by atoms with Crippen molar-refractivity contribution < 1.29 is 38.1 Å². The number of hydrogen-bond donors (Lipinski definition) is 0. The minimum absolute atomic E-state index is 0.114. The number of esters is 2. The Labute approximate surface area is 460 Å². The maximum atomic E-state index is 14.3. The number of benzene rings is 8. The SMILES string of the molecule is CCC(=O)N(c1ccc(C(C)(C)c2ccc(N(C(=O)CC)c3cc4c(cc3C)Oc3cc(N(C)C)ccc3C43OC(=O)c4ccccc43)cc2)cc1)c1cc2c(cc1C)Oc1cc(N(C)C)ccc1C21OC(=O)c2ccccc21. The maximum Gasteiger partial charge on any atom is 0.340 e. The van der Waals surface area contributed by atoms with Gasteiger partial charge >= 0.3 is 11.9 Å². The monoisotopic (exact) mass is 1050 g/mol. The van der Waals surface area contributed by atoms with Crippen molar-refractivity contribution in [2.24, 2.45) is 0 Å². The molecule has 4 heterocycles. The summed E-state index contributed by atoms with van der Waals surface area (Å²) < 4.78 is 26.4. The molecule has 0 saturated heterocycles. The van der Waals surface area contributed by atoms with Crippen molar-refractivity contribution in [3.05, 3.63) is 224 Å². The molecule has 8 aromatic rings. The molecule has 2 spiro atoms. The van der Waals surface area contributed by atoms with Gasteiger partial charge in [-0.15, -0.1) is 0 Å². The van der Waals surface area contributed by atoms with E-state index in [4.69, 9.17) is 18.9 Å². The third-order valence-corrected chi connectivity index (χ3v) is 16.3. The highest BCUT2D eigenvalue weighted by molar-refractivity contribution is 6.04. The number of carbonyl (C=O) groups excluding carboxylic acids is 4. The Morgan fingerprint density at radius 2 is 0.797 bits per heavy atom. The lowest BCUT2D eigenvalue weighted by molar-refractivity contribution is -0.118. The topological polar surface area (TPSA) is 118 Å². The molecule has 12 heteroatoms. The van der Waals surface area contributed by atoms with Crippen molar-refractivity contribution in [1.29, 1.82) is 0 Å². The highest BCUT2D eigenvalue weighted by Gasteiger charge is 2.55. The number of anilines is 6. The quantitative estimate of drug-likeness (QED) is 0.123. The van der Waals surface area contributed by atoms with E-state index in [-0.39, 0.29) is 24.7 Å². The van der Waals surface area contributed by atoms with Crippen LogP contribution >= 0.6 is 0 Å². The largest absolute Gasteiger partial charge is 0.456 e. The van der Waals surface area contributed by atoms with Gasteiger partial charge in [-0.05, 0) is 121 Å². The van der Waals surface area contributed by atoms with E-state index >= 15 is 0 Å². The van der Waals surface area contributed by atoms with Crippen molar-refractivity contribution >= 4 is 57.9 Å². The van der Waals surface area contributed by atoms with Crippen molar-refractivity contribution in [3.63, 3.8) is 0 Å². The first-order valence-electron chi connectivity index (χ1n) is 26.7. The number of carbonyl (C=O) groups is 4. The number of aryl methyl sites for hydroxylation is 2. The van der Waals surface area contributed by atoms with E-state index in [1.807, 2.05) is 187 Å². The molecule has 2 atom stereocenters. The normalized spacial score (nSPS) is 17.0. The molecule has 0 aromatic heterocycles. The Kier molecular flexibility index (Phi) is 11.9. The van der Waals surface area contributed by atoms with Crippen LogP contribution in [0.3, 0.4) is 0 Å². The third-order valence-electron chi connectivity index (χ3n) is 16.3. The molecule has 0 fully saturated rings. The lowest BCUT2D eigenvalue weighted by Gasteiger charge is -2.38. The van der Waals surface area contributed by atoms with Crippen LogP contribution in [-0.2, 0) is 35.7 Å². The standard InChI is InChI=1S/C67H60N4O8/c1-11-61(72)70(55-37-53-57(33-39(55)3)76-59-35-45(68(7)8)29-31-51(59)66(53)49-19-15-13-17-47(49)63(74)78-66)43-25-21-41(22-26-43)65(5,6)42-23-27-44(28-24-42)71(62(73)12-2)56-38-54-58(34-40(56)4)77-60-36-46(69(9)10)30-32-52(60)67(54)50-20-16-14-18-48(50)64(75)79-67/h13-38H,11-12H2,1-10H3. The lowest BCUT2D eigenvalue weighted by atomic mass is 9.77. The number of amides is 2. The minimum atomic E-state index is -1.32. The van der Waals surface area contributed by atoms with Crippen LogP contribution in [0.1, 0.15) is 117 Å². The van der Waals surface area contributed by atoms with Gasteiger partial charge in [-0.3, -0.25) is 19.4 Å². The molecule has 8 aromatic carbocycles. The fourth-order valence-corrected chi connectivity index (χ4v) is 12.0. The molecular weight excluding hydrogens is 989 g/mol. The molecule has 12 rings (SSSR count). The molecule has 4 aliphatic heterocycles. The van der Waals surface area contributed by atoms with Crippen LogP contribution in [-0.4, -0.2) is 51.9 Å². The fraction of sp³-hybridized carbons (Fsp3) is 0.224. The Morgan fingerprint density at radius 3 is 1.16 bits per heavy atom. The van der Waals surface area contributed by atoms with Crippen LogP contribution in [0.2, 0.25) is 0 Å². The molecule has 0 aliphatic carbocycles. The molecule has 0 N–H and O–H groups in total. The van der Waals surface area contributed by atoms with Gasteiger partial charge in [0, 0.05) is 115 Å². The summed E-state index contributed by atoms with van der Waals surface area (Å²) in [5, 5.41) is 0. The number of nitrogens with zero attached hydrogens (tertiary/aromatic N) is 4. The minimum Gasteiger partial charge on any atom is -0.456 e. The van der Waals surface area contributed by atoms with Gasteiger partial charge in [-0.2, -0.15) is 0 Å². The van der Waals surface area contributed by atoms with Gasteiger partial charge in [-0.25, -0.2) is 9.59 Å². The summed E-state index contributed by atoms with van der Waals surface area (Å²) in [4.78, 5) is 63.6. The smallest absolute Gasteiger partial charge is 0.340 e. The van der Waals surface area contributed by atoms with Crippen LogP contribution in [0, 0.1) is 13.8 Å². The van der Waals surface area contributed by atoms with Gasteiger partial charge in [0.2, 0.25) is 11.8 Å². The molecule has 0 bridgehead atoms. The van der Waals surface area contributed by atoms with E-state index in [0.717, 1.165) is 33.6 Å². The molecular formula is C67H60N4O8. The van der Waals surface area contributed by atoms with E-state index in [2.05, 4.69) is 38.1 Å². The molecule has 396 valence electrons. The van der Waals surface area contributed by atoms with Crippen LogP contribution in [0.4, 0.5) is 34.1 Å². The van der Waals surface area contributed by atoms with Gasteiger partial charge in [0.1, 0.15) is 23.0 Å². The summed E-state index contributed by atoms with van der Waals surface area (Å²) in [6.45, 7) is 11.9. The Hall–Kier alpha value is -9.16. The fourth-order valence-electron chi connectivity index (χ4n) is 12.0. The maximum absolute atomic E-state index is 14.3. The van der Waals surface area contributed by atoms with Crippen LogP contribution in [0.25, 0.3) is 0 Å². The van der Waals surface area contributed by atoms with Gasteiger partial charge < -0.3 is 28.7 Å². The number of fused-ring (bicyclic) bond motifs is 12. The van der Waals surface area contributed by atoms with Crippen molar-refractivity contribution in [2.45, 2.75) is 71.0 Å². The second-order valence-electron chi connectivity index (χ2n) is 21.7. The van der Waals surface area contributed by atoms with Crippen LogP contribution < -0.4 is 29.1 Å².